The lowest BCUT2D eigenvalue weighted by Crippen LogP contribution is -2.46. The van der Waals surface area contributed by atoms with Gasteiger partial charge in [0.05, 0.1) is 17.5 Å². The van der Waals surface area contributed by atoms with Gasteiger partial charge in [0, 0.05) is 24.0 Å². The van der Waals surface area contributed by atoms with Crippen LogP contribution in [0.5, 0.6) is 0 Å². The monoisotopic (exact) mass is 365 g/mol. The van der Waals surface area contributed by atoms with E-state index in [-0.39, 0.29) is 11.5 Å². The average Bonchev–Trinajstić information content (AvgIpc) is 3.18. The fourth-order valence-electron chi connectivity index (χ4n) is 5.25. The first-order chi connectivity index (χ1) is 13.1. The number of pyridine rings is 1. The molecule has 2 saturated carbocycles. The van der Waals surface area contributed by atoms with E-state index in [4.69, 9.17) is 5.73 Å². The zero-order valence-electron chi connectivity index (χ0n) is 14.9. The third kappa shape index (κ3) is 2.53. The predicted molar refractivity (Wildman–Crippen MR) is 101 cm³/mol. The fourth-order valence-corrected chi connectivity index (χ4v) is 5.25. The number of anilines is 1. The van der Waals surface area contributed by atoms with Gasteiger partial charge in [0.15, 0.2) is 0 Å². The highest BCUT2D eigenvalue weighted by Gasteiger charge is 2.59. The van der Waals surface area contributed by atoms with Gasteiger partial charge in [-0.1, -0.05) is 6.07 Å². The Morgan fingerprint density at radius 1 is 1.19 bits per heavy atom. The van der Waals surface area contributed by atoms with Gasteiger partial charge in [0.25, 0.3) is 0 Å². The van der Waals surface area contributed by atoms with Crippen molar-refractivity contribution in [1.82, 2.24) is 19.5 Å². The van der Waals surface area contributed by atoms with Gasteiger partial charge in [-0.15, -0.1) is 0 Å². The van der Waals surface area contributed by atoms with E-state index in [9.17, 15) is 10.2 Å². The third-order valence-corrected chi connectivity index (χ3v) is 6.50. The number of nitrogens with two attached hydrogens (primary N) is 1. The van der Waals surface area contributed by atoms with Crippen LogP contribution in [0.3, 0.4) is 0 Å². The third-order valence-electron chi connectivity index (χ3n) is 6.50. The first-order valence-corrected chi connectivity index (χ1v) is 9.39. The number of fused-ring (bicyclic) bond motifs is 1. The van der Waals surface area contributed by atoms with Crippen molar-refractivity contribution in [1.29, 1.82) is 0 Å². The van der Waals surface area contributed by atoms with Crippen LogP contribution < -0.4 is 5.73 Å². The molecule has 0 saturated heterocycles. The van der Waals surface area contributed by atoms with Crippen molar-refractivity contribution in [2.24, 2.45) is 11.3 Å². The van der Waals surface area contributed by atoms with Gasteiger partial charge in [0.1, 0.15) is 23.9 Å². The van der Waals surface area contributed by atoms with E-state index in [0.717, 1.165) is 31.1 Å². The van der Waals surface area contributed by atoms with Crippen molar-refractivity contribution in [2.75, 3.05) is 5.73 Å². The molecular formula is C20H23N5O2. The minimum absolute atomic E-state index is 0.203. The first-order valence-electron chi connectivity index (χ1n) is 9.39. The summed E-state index contributed by atoms with van der Waals surface area (Å²) >= 11 is 0. The summed E-state index contributed by atoms with van der Waals surface area (Å²) in [6.45, 7) is 0. The van der Waals surface area contributed by atoms with Gasteiger partial charge >= 0.3 is 0 Å². The molecular weight excluding hydrogens is 342 g/mol. The van der Waals surface area contributed by atoms with Crippen LogP contribution in [-0.4, -0.2) is 41.9 Å². The zero-order valence-corrected chi connectivity index (χ0v) is 14.9. The highest BCUT2D eigenvalue weighted by Crippen LogP contribution is 2.59. The molecule has 27 heavy (non-hydrogen) atoms. The minimum atomic E-state index is -0.809. The Bertz CT molecular complexity index is 967. The Labute approximate surface area is 156 Å². The van der Waals surface area contributed by atoms with Crippen molar-refractivity contribution in [2.45, 2.75) is 43.9 Å². The van der Waals surface area contributed by atoms with E-state index < -0.39 is 12.2 Å². The van der Waals surface area contributed by atoms with Crippen LogP contribution in [0.25, 0.3) is 11.0 Å². The number of aliphatic hydroxyl groups is 2. The smallest absolute Gasteiger partial charge is 0.145 e. The van der Waals surface area contributed by atoms with E-state index in [1.165, 1.54) is 11.9 Å². The van der Waals surface area contributed by atoms with Gasteiger partial charge in [-0.05, 0) is 49.3 Å². The maximum Gasteiger partial charge on any atom is 0.145 e. The molecule has 7 nitrogen and oxygen atoms in total. The van der Waals surface area contributed by atoms with Crippen LogP contribution in [0.15, 0.2) is 43.1 Å². The van der Waals surface area contributed by atoms with Gasteiger partial charge < -0.3 is 20.5 Å². The second-order valence-corrected chi connectivity index (χ2v) is 8.13. The van der Waals surface area contributed by atoms with Crippen molar-refractivity contribution in [3.63, 3.8) is 0 Å². The average molecular weight is 365 g/mol. The molecule has 2 aliphatic rings. The van der Waals surface area contributed by atoms with Crippen LogP contribution in [0.1, 0.15) is 30.9 Å². The molecule has 0 bridgehead atoms. The predicted octanol–water partition coefficient (Wildman–Crippen LogP) is 1.71. The Morgan fingerprint density at radius 2 is 2.04 bits per heavy atom. The van der Waals surface area contributed by atoms with Crippen LogP contribution in [0.2, 0.25) is 0 Å². The Balaban J connectivity index is 1.36. The van der Waals surface area contributed by atoms with Crippen LogP contribution >= 0.6 is 0 Å². The number of hydrogen-bond donors (Lipinski definition) is 3. The van der Waals surface area contributed by atoms with Crippen LogP contribution in [0, 0.1) is 11.3 Å². The molecule has 0 aliphatic heterocycles. The minimum Gasteiger partial charge on any atom is -0.390 e. The summed E-state index contributed by atoms with van der Waals surface area (Å²) in [5, 5.41) is 22.4. The highest BCUT2D eigenvalue weighted by molar-refractivity contribution is 5.86. The van der Waals surface area contributed by atoms with Gasteiger partial charge in [-0.25, -0.2) is 9.97 Å². The number of aromatic nitrogens is 4. The summed E-state index contributed by atoms with van der Waals surface area (Å²) in [5.41, 5.74) is 7.65. The molecule has 4 N–H and O–H groups in total. The van der Waals surface area contributed by atoms with E-state index >= 15 is 0 Å². The number of aliphatic hydroxyl groups excluding tert-OH is 2. The number of nitrogen functional groups attached to an aromatic ring is 1. The summed E-state index contributed by atoms with van der Waals surface area (Å²) in [6.07, 6.45) is 9.05. The summed E-state index contributed by atoms with van der Waals surface area (Å²) in [7, 11) is 0. The Kier molecular flexibility index (Phi) is 3.70. The maximum atomic E-state index is 10.8. The number of hydrogen-bond acceptors (Lipinski definition) is 6. The molecule has 0 radical (unpaired) electrons. The van der Waals surface area contributed by atoms with Crippen molar-refractivity contribution >= 4 is 16.9 Å². The molecule has 0 unspecified atom stereocenters. The van der Waals surface area contributed by atoms with Crippen LogP contribution in [-0.2, 0) is 6.42 Å². The standard InChI is InChI=1S/C20H23N5O2/c21-18-14-3-5-25(19(14)24-11-23-18)15-9-20(17(27)16(15)26)7-13(8-20)6-12-2-1-4-22-10-12/h1-5,10-11,13,15-17,26-27H,6-9H2,(H2,21,23,24)/t13-,15-,16+,17+,20-/m1/s1. The lowest BCUT2D eigenvalue weighted by atomic mass is 9.58. The molecule has 140 valence electrons. The highest BCUT2D eigenvalue weighted by atomic mass is 16.3. The molecule has 2 aliphatic carbocycles. The van der Waals surface area contributed by atoms with Crippen molar-refractivity contribution < 1.29 is 10.2 Å². The summed E-state index contributed by atoms with van der Waals surface area (Å²) in [6, 6.07) is 5.72. The molecule has 5 rings (SSSR count). The van der Waals surface area contributed by atoms with E-state index in [0.29, 0.717) is 17.4 Å². The first kappa shape index (κ1) is 16.6. The Morgan fingerprint density at radius 3 is 2.81 bits per heavy atom. The quantitative estimate of drug-likeness (QED) is 0.652. The summed E-state index contributed by atoms with van der Waals surface area (Å²) in [5.74, 6) is 0.954. The topological polar surface area (TPSA) is 110 Å². The normalized spacial score (nSPS) is 32.8. The Hall–Kier alpha value is -2.51. The molecule has 7 heteroatoms. The molecule has 0 amide bonds. The second kappa shape index (κ2) is 6.00. The molecule has 0 aromatic carbocycles. The number of rotatable bonds is 3. The molecule has 3 aromatic rings. The largest absolute Gasteiger partial charge is 0.390 e. The molecule has 3 heterocycles. The molecule has 3 aromatic heterocycles. The lowest BCUT2D eigenvalue weighted by molar-refractivity contribution is -0.0841. The van der Waals surface area contributed by atoms with Gasteiger partial charge in [-0.2, -0.15) is 0 Å². The maximum absolute atomic E-state index is 10.8. The van der Waals surface area contributed by atoms with Crippen LogP contribution in [0.4, 0.5) is 5.82 Å². The fraction of sp³-hybridized carbons (Fsp3) is 0.450. The second-order valence-electron chi connectivity index (χ2n) is 8.13. The van der Waals surface area contributed by atoms with E-state index in [1.54, 1.807) is 6.20 Å². The van der Waals surface area contributed by atoms with Gasteiger partial charge in [0.2, 0.25) is 0 Å². The van der Waals surface area contributed by atoms with E-state index in [2.05, 4.69) is 21.0 Å². The SMILES string of the molecule is Nc1ncnc2c1ccn2[C@@H]1C[C@]2(C[C@@H](Cc3cccnc3)C2)[C@@H](O)[C@H]1O. The molecule has 2 fully saturated rings. The van der Waals surface area contributed by atoms with E-state index in [1.807, 2.05) is 29.1 Å². The zero-order chi connectivity index (χ0) is 18.6. The molecule has 3 atom stereocenters. The van der Waals surface area contributed by atoms with Crippen molar-refractivity contribution in [3.8, 4) is 0 Å². The summed E-state index contributed by atoms with van der Waals surface area (Å²) in [4.78, 5) is 12.5. The summed E-state index contributed by atoms with van der Waals surface area (Å²) < 4.78 is 1.95. The number of nitrogens with zero attached hydrogens (tertiary/aromatic N) is 4. The molecule has 1 spiro atoms. The van der Waals surface area contributed by atoms with Gasteiger partial charge in [-0.3, -0.25) is 4.98 Å². The van der Waals surface area contributed by atoms with Crippen molar-refractivity contribution in [3.05, 3.63) is 48.7 Å². The lowest BCUT2D eigenvalue weighted by Gasteiger charge is -2.48.